The summed E-state index contributed by atoms with van der Waals surface area (Å²) in [5.74, 6) is 0.808. The van der Waals surface area contributed by atoms with Gasteiger partial charge in [-0.25, -0.2) is 0 Å². The Labute approximate surface area is 61.0 Å². The van der Waals surface area contributed by atoms with E-state index in [0.717, 1.165) is 12.5 Å². The number of allylic oxidation sites excluding steroid dienone is 1. The maximum absolute atomic E-state index is 4.24. The van der Waals surface area contributed by atoms with Gasteiger partial charge in [0.2, 0.25) is 0 Å². The molecule has 0 radical (unpaired) electrons. The van der Waals surface area contributed by atoms with Gasteiger partial charge in [-0.2, -0.15) is 0 Å². The Balaban J connectivity index is 2.12. The van der Waals surface area contributed by atoms with Gasteiger partial charge >= 0.3 is 0 Å². The van der Waals surface area contributed by atoms with Gasteiger partial charge in [-0.1, -0.05) is 6.08 Å². The Morgan fingerprint density at radius 2 is 2.50 bits per heavy atom. The molecule has 2 heterocycles. The standard InChI is InChI=1S/C8H12N2/c1-2-7-3-5-9-6-8(7)10-4-1/h1,4,6-8,10H,2-3,5H2. The second-order valence-corrected chi connectivity index (χ2v) is 2.93. The van der Waals surface area contributed by atoms with Crippen LogP contribution in [0.15, 0.2) is 17.3 Å². The van der Waals surface area contributed by atoms with Gasteiger partial charge in [-0.05, 0) is 25.0 Å². The van der Waals surface area contributed by atoms with Crippen molar-refractivity contribution < 1.29 is 0 Å². The molecule has 2 aliphatic heterocycles. The van der Waals surface area contributed by atoms with Gasteiger partial charge in [0.25, 0.3) is 0 Å². The van der Waals surface area contributed by atoms with E-state index in [2.05, 4.69) is 22.6 Å². The largest absolute Gasteiger partial charge is 0.383 e. The molecule has 2 aliphatic rings. The van der Waals surface area contributed by atoms with Crippen molar-refractivity contribution in [3.05, 3.63) is 12.3 Å². The summed E-state index contributed by atoms with van der Waals surface area (Å²) in [5.41, 5.74) is 0. The van der Waals surface area contributed by atoms with Crippen LogP contribution in [0.1, 0.15) is 12.8 Å². The van der Waals surface area contributed by atoms with Crippen LogP contribution in [-0.2, 0) is 0 Å². The smallest absolute Gasteiger partial charge is 0.0637 e. The molecule has 0 saturated carbocycles. The van der Waals surface area contributed by atoms with E-state index in [-0.39, 0.29) is 0 Å². The van der Waals surface area contributed by atoms with E-state index < -0.39 is 0 Å². The van der Waals surface area contributed by atoms with Crippen molar-refractivity contribution >= 4 is 6.21 Å². The lowest BCUT2D eigenvalue weighted by Gasteiger charge is -2.29. The molecule has 1 N–H and O–H groups in total. The molecule has 0 aromatic carbocycles. The highest BCUT2D eigenvalue weighted by Crippen LogP contribution is 2.19. The second kappa shape index (κ2) is 2.45. The molecule has 2 nitrogen and oxygen atoms in total. The zero-order valence-electron chi connectivity index (χ0n) is 5.96. The summed E-state index contributed by atoms with van der Waals surface area (Å²) < 4.78 is 0. The molecule has 0 amide bonds. The minimum atomic E-state index is 0.527. The van der Waals surface area contributed by atoms with Gasteiger partial charge in [0.05, 0.1) is 6.04 Å². The number of aliphatic imine (C=N–C) groups is 1. The number of rotatable bonds is 0. The second-order valence-electron chi connectivity index (χ2n) is 2.93. The third-order valence-corrected chi connectivity index (χ3v) is 2.25. The van der Waals surface area contributed by atoms with Gasteiger partial charge in [0, 0.05) is 12.8 Å². The first-order valence-corrected chi connectivity index (χ1v) is 3.88. The van der Waals surface area contributed by atoms with Gasteiger partial charge in [0.1, 0.15) is 0 Å². The minimum absolute atomic E-state index is 0.527. The fourth-order valence-corrected chi connectivity index (χ4v) is 1.60. The third kappa shape index (κ3) is 0.939. The monoisotopic (exact) mass is 136 g/mol. The lowest BCUT2D eigenvalue weighted by molar-refractivity contribution is 0.408. The summed E-state index contributed by atoms with van der Waals surface area (Å²) in [7, 11) is 0. The van der Waals surface area contributed by atoms with Crippen LogP contribution >= 0.6 is 0 Å². The van der Waals surface area contributed by atoms with Crippen LogP contribution in [0.2, 0.25) is 0 Å². The molecule has 0 fully saturated rings. The summed E-state index contributed by atoms with van der Waals surface area (Å²) in [5, 5.41) is 3.29. The summed E-state index contributed by atoms with van der Waals surface area (Å²) in [6.45, 7) is 1.02. The molecule has 10 heavy (non-hydrogen) atoms. The first kappa shape index (κ1) is 5.96. The van der Waals surface area contributed by atoms with E-state index in [4.69, 9.17) is 0 Å². The van der Waals surface area contributed by atoms with Crippen LogP contribution in [0.25, 0.3) is 0 Å². The molecule has 0 bridgehead atoms. The van der Waals surface area contributed by atoms with E-state index >= 15 is 0 Å². The van der Waals surface area contributed by atoms with Crippen LogP contribution in [0.3, 0.4) is 0 Å². The summed E-state index contributed by atoms with van der Waals surface area (Å²) in [6.07, 6.45) is 8.78. The molecule has 0 saturated heterocycles. The highest BCUT2D eigenvalue weighted by molar-refractivity contribution is 5.66. The molecule has 2 atom stereocenters. The molecule has 54 valence electrons. The van der Waals surface area contributed by atoms with Gasteiger partial charge in [-0.15, -0.1) is 0 Å². The first-order chi connectivity index (χ1) is 4.97. The van der Waals surface area contributed by atoms with Crippen molar-refractivity contribution in [3.8, 4) is 0 Å². The van der Waals surface area contributed by atoms with Crippen LogP contribution in [0, 0.1) is 5.92 Å². The van der Waals surface area contributed by atoms with Crippen molar-refractivity contribution in [2.24, 2.45) is 10.9 Å². The molecule has 0 aliphatic carbocycles. The Kier molecular flexibility index (Phi) is 1.46. The minimum Gasteiger partial charge on any atom is -0.383 e. The van der Waals surface area contributed by atoms with Gasteiger partial charge in [0.15, 0.2) is 0 Å². The van der Waals surface area contributed by atoms with Crippen LogP contribution in [0.4, 0.5) is 0 Å². The van der Waals surface area contributed by atoms with E-state index in [0.29, 0.717) is 6.04 Å². The number of nitrogens with one attached hydrogen (secondary N) is 1. The Morgan fingerprint density at radius 1 is 1.50 bits per heavy atom. The average molecular weight is 136 g/mol. The van der Waals surface area contributed by atoms with Crippen LogP contribution in [0.5, 0.6) is 0 Å². The normalized spacial score (nSPS) is 36.8. The molecular formula is C8H12N2. The highest BCUT2D eigenvalue weighted by Gasteiger charge is 2.21. The van der Waals surface area contributed by atoms with E-state index in [9.17, 15) is 0 Å². The van der Waals surface area contributed by atoms with Crippen LogP contribution < -0.4 is 5.32 Å². The Bertz CT molecular complexity index is 172. The van der Waals surface area contributed by atoms with Crippen LogP contribution in [-0.4, -0.2) is 18.8 Å². The number of hydrogen-bond acceptors (Lipinski definition) is 2. The highest BCUT2D eigenvalue weighted by atomic mass is 14.9. The number of hydrogen-bond donors (Lipinski definition) is 1. The zero-order valence-corrected chi connectivity index (χ0v) is 5.96. The topological polar surface area (TPSA) is 24.4 Å². The molecule has 2 heteroatoms. The molecule has 2 rings (SSSR count). The molecule has 0 spiro atoms. The SMILES string of the molecule is C1=CNC2C=NCCC2C1. The Hall–Kier alpha value is -0.790. The molecule has 0 aromatic rings. The molecule has 2 unspecified atom stereocenters. The fraction of sp³-hybridized carbons (Fsp3) is 0.625. The maximum Gasteiger partial charge on any atom is 0.0637 e. The third-order valence-electron chi connectivity index (χ3n) is 2.25. The van der Waals surface area contributed by atoms with Crippen molar-refractivity contribution in [3.63, 3.8) is 0 Å². The predicted octanol–water partition coefficient (Wildman–Crippen LogP) is 0.953. The summed E-state index contributed by atoms with van der Waals surface area (Å²) in [4.78, 5) is 4.24. The van der Waals surface area contributed by atoms with Crippen molar-refractivity contribution in [2.45, 2.75) is 18.9 Å². The van der Waals surface area contributed by atoms with Gasteiger partial charge < -0.3 is 5.32 Å². The lowest BCUT2D eigenvalue weighted by atomic mass is 9.90. The fourth-order valence-electron chi connectivity index (χ4n) is 1.60. The van der Waals surface area contributed by atoms with E-state index in [1.165, 1.54) is 12.8 Å². The quantitative estimate of drug-likeness (QED) is 0.527. The maximum atomic E-state index is 4.24. The predicted molar refractivity (Wildman–Crippen MR) is 42.1 cm³/mol. The average Bonchev–Trinajstić information content (AvgIpc) is 2.05. The zero-order chi connectivity index (χ0) is 6.81. The molecule has 0 aromatic heterocycles. The Morgan fingerprint density at radius 3 is 3.40 bits per heavy atom. The van der Waals surface area contributed by atoms with E-state index in [1.807, 2.05) is 6.20 Å². The van der Waals surface area contributed by atoms with Crippen molar-refractivity contribution in [2.75, 3.05) is 6.54 Å². The number of fused-ring (bicyclic) bond motifs is 1. The van der Waals surface area contributed by atoms with Gasteiger partial charge in [-0.3, -0.25) is 4.99 Å². The van der Waals surface area contributed by atoms with E-state index in [1.54, 1.807) is 0 Å². The summed E-state index contributed by atoms with van der Waals surface area (Å²) in [6, 6.07) is 0.527. The lowest BCUT2D eigenvalue weighted by Crippen LogP contribution is -2.39. The first-order valence-electron chi connectivity index (χ1n) is 3.88. The summed E-state index contributed by atoms with van der Waals surface area (Å²) >= 11 is 0. The van der Waals surface area contributed by atoms with Crippen molar-refractivity contribution in [1.29, 1.82) is 0 Å². The number of nitrogens with zero attached hydrogens (tertiary/aromatic N) is 1. The molecular weight excluding hydrogens is 124 g/mol. The van der Waals surface area contributed by atoms with Crippen molar-refractivity contribution in [1.82, 2.24) is 5.32 Å².